The Balaban J connectivity index is 1.14. The van der Waals surface area contributed by atoms with E-state index in [4.69, 9.17) is 19.9 Å². The average molecular weight is 966 g/mol. The highest BCUT2D eigenvalue weighted by atomic mass is 16.5. The van der Waals surface area contributed by atoms with Gasteiger partial charge in [-0.05, 0) is 143 Å². The number of nitrogens with two attached hydrogens (primary N) is 1. The summed E-state index contributed by atoms with van der Waals surface area (Å²) in [5, 5.41) is 52.5. The van der Waals surface area contributed by atoms with Crippen molar-refractivity contribution in [3.8, 4) is 29.3 Å². The molecule has 0 fully saturated rings. The van der Waals surface area contributed by atoms with E-state index in [0.717, 1.165) is 70.0 Å². The molecule has 3 aliphatic carbocycles. The van der Waals surface area contributed by atoms with Crippen LogP contribution in [-0.4, -0.2) is 52.4 Å². The number of rotatable bonds is 9. The number of anilines is 1. The summed E-state index contributed by atoms with van der Waals surface area (Å²) in [4.78, 5) is 18.3. The van der Waals surface area contributed by atoms with Crippen LogP contribution in [0.5, 0.6) is 17.2 Å². The zero-order valence-electron chi connectivity index (χ0n) is 41.2. The normalized spacial score (nSPS) is 23.5. The summed E-state index contributed by atoms with van der Waals surface area (Å²) in [5.41, 5.74) is 13.3. The number of aliphatic hydroxyl groups is 3. The third-order valence-electron chi connectivity index (χ3n) is 15.6. The molecule has 4 heterocycles. The van der Waals surface area contributed by atoms with Gasteiger partial charge in [0.25, 0.3) is 0 Å². The van der Waals surface area contributed by atoms with Gasteiger partial charge < -0.3 is 45.7 Å². The van der Waals surface area contributed by atoms with E-state index in [9.17, 15) is 25.2 Å². The van der Waals surface area contributed by atoms with Crippen LogP contribution in [0, 0.1) is 23.9 Å². The van der Waals surface area contributed by atoms with Crippen molar-refractivity contribution in [2.75, 3.05) is 19.5 Å². The fourth-order valence-corrected chi connectivity index (χ4v) is 12.1. The summed E-state index contributed by atoms with van der Waals surface area (Å²) < 4.78 is 19.2. The van der Waals surface area contributed by atoms with Gasteiger partial charge in [0.1, 0.15) is 36.1 Å². The van der Waals surface area contributed by atoms with E-state index in [-0.39, 0.29) is 54.5 Å². The van der Waals surface area contributed by atoms with Crippen LogP contribution >= 0.6 is 0 Å². The molecule has 0 saturated carbocycles. The largest absolute Gasteiger partial charge is 0.508 e. The maximum atomic E-state index is 14.2. The van der Waals surface area contributed by atoms with Gasteiger partial charge >= 0.3 is 0 Å². The van der Waals surface area contributed by atoms with Gasteiger partial charge in [-0.25, -0.2) is 0 Å². The number of aliphatic hydroxyl groups excluding tert-OH is 2. The molecule has 11 heteroatoms. The molecule has 5 aromatic carbocycles. The van der Waals surface area contributed by atoms with E-state index in [1.807, 2.05) is 72.8 Å². The number of carbonyl (C=O) groups excluding carboxylic acids is 1. The predicted octanol–water partition coefficient (Wildman–Crippen LogP) is 10.8. The first-order chi connectivity index (χ1) is 34.9. The number of benzene rings is 5. The molecule has 370 valence electrons. The second-order valence-corrected chi connectivity index (χ2v) is 20.0. The number of phenolic OH excluding ortho intramolecular Hbond substituents is 1. The van der Waals surface area contributed by atoms with Crippen molar-refractivity contribution < 1.29 is 39.4 Å². The number of unbranched alkanes of at least 4 members (excludes halogenated alkanes) is 1. The van der Waals surface area contributed by atoms with Gasteiger partial charge in [0.05, 0.1) is 12.5 Å². The SMILES string of the molecule is CN=C(N)Nc1cccc(CCCCC2C=C3C=CC(c4ccccc4)C45C#COC(CC(=O)CCc6ccc(OC)c(c6)OCc6c(C(O)O)c(c7c4c(O)cc4c7c6C=CC4C)CC5)CC2C=C3O)c1. The van der Waals surface area contributed by atoms with E-state index in [1.165, 1.54) is 5.56 Å². The predicted molar refractivity (Wildman–Crippen MR) is 282 cm³/mol. The fraction of sp³-hybridized carbons (Fsp3) is 0.344. The quantitative estimate of drug-likeness (QED) is 0.0274. The Morgan fingerprint density at radius 3 is 2.61 bits per heavy atom. The van der Waals surface area contributed by atoms with Crippen LogP contribution in [0.1, 0.15) is 120 Å². The smallest absolute Gasteiger partial charge is 0.192 e. The number of ketones is 1. The molecule has 4 aliphatic heterocycles. The monoisotopic (exact) mass is 965 g/mol. The maximum absolute atomic E-state index is 14.2. The molecule has 7 N–H and O–H groups in total. The standard InChI is InChI=1S/C61H63N3O8/c1-36-16-21-46-49-35-72-54-29-38(18-23-53(54)70-3)17-20-44(65)33-45-31-42-32-51(66)41(30-40(42)14-8-7-10-37-11-9-15-43(28-37)64-60(62)63-2)19-22-50(39-12-5-4-6-13-39)61(26-27-71-45)25-24-47(56(49)59(68)69)57-55(46)48(36)34-52(67)58(57)61/h4-6,9,11-13,15-16,18-19,21-23,28-30,32,34,36,40,42,45,50,59,66-69H,7-8,10,14,17,20,24-25,31,33,35H2,1-3H3,(H3,62,63,64). The lowest BCUT2D eigenvalue weighted by Gasteiger charge is -2.42. The van der Waals surface area contributed by atoms with E-state index in [0.29, 0.717) is 65.4 Å². The summed E-state index contributed by atoms with van der Waals surface area (Å²) in [6, 6.07) is 25.8. The van der Waals surface area contributed by atoms with Crippen LogP contribution in [0.2, 0.25) is 0 Å². The molecule has 6 unspecified atom stereocenters. The number of carbonyl (C=O) groups is 1. The summed E-state index contributed by atoms with van der Waals surface area (Å²) in [6.07, 6.45) is 18.6. The van der Waals surface area contributed by atoms with Gasteiger partial charge in [-0.2, -0.15) is 0 Å². The molecule has 12 rings (SSSR count). The molecular weight excluding hydrogens is 903 g/mol. The van der Waals surface area contributed by atoms with Gasteiger partial charge in [0, 0.05) is 59.7 Å². The number of nitrogens with one attached hydrogen (secondary N) is 1. The second-order valence-electron chi connectivity index (χ2n) is 20.0. The lowest BCUT2D eigenvalue weighted by molar-refractivity contribution is -0.121. The lowest BCUT2D eigenvalue weighted by Crippen LogP contribution is -2.36. The number of ether oxygens (including phenoxy) is 3. The topological polar surface area (TPSA) is 176 Å². The number of nitrogens with zero attached hydrogens (tertiary/aromatic N) is 1. The molecule has 0 radical (unpaired) electrons. The Hall–Kier alpha value is -7.26. The highest BCUT2D eigenvalue weighted by Gasteiger charge is 2.47. The Bertz CT molecular complexity index is 3140. The molecule has 0 saturated heterocycles. The number of hydrogen-bond donors (Lipinski definition) is 6. The van der Waals surface area contributed by atoms with Crippen LogP contribution in [0.15, 0.2) is 126 Å². The number of fused-ring (bicyclic) bond motifs is 6. The first-order valence-corrected chi connectivity index (χ1v) is 25.3. The van der Waals surface area contributed by atoms with Crippen LogP contribution in [0.3, 0.4) is 0 Å². The molecule has 11 bridgehead atoms. The lowest BCUT2D eigenvalue weighted by atomic mass is 9.59. The number of allylic oxidation sites excluding steroid dienone is 5. The van der Waals surface area contributed by atoms with Crippen LogP contribution < -0.4 is 20.5 Å². The first kappa shape index (κ1) is 48.4. The van der Waals surface area contributed by atoms with Crippen molar-refractivity contribution in [2.24, 2.45) is 22.6 Å². The Morgan fingerprint density at radius 1 is 0.958 bits per heavy atom. The summed E-state index contributed by atoms with van der Waals surface area (Å²) in [6.45, 7) is 2.09. The number of phenols is 1. The van der Waals surface area contributed by atoms with Crippen molar-refractivity contribution in [2.45, 2.75) is 107 Å². The zero-order valence-corrected chi connectivity index (χ0v) is 41.2. The van der Waals surface area contributed by atoms with Gasteiger partial charge in [-0.1, -0.05) is 92.3 Å². The number of aromatic hydroxyl groups is 1. The second kappa shape index (κ2) is 20.5. The number of aliphatic imine (C=N–C) groups is 1. The maximum Gasteiger partial charge on any atom is 0.192 e. The summed E-state index contributed by atoms with van der Waals surface area (Å²) in [7, 11) is 3.23. The molecule has 1 spiro atoms. The molecule has 11 nitrogen and oxygen atoms in total. The van der Waals surface area contributed by atoms with Crippen LogP contribution in [0.25, 0.3) is 16.8 Å². The molecule has 5 aromatic rings. The number of hydrogen-bond acceptors (Lipinski definition) is 9. The summed E-state index contributed by atoms with van der Waals surface area (Å²) in [5.74, 6) is 4.52. The minimum Gasteiger partial charge on any atom is -0.508 e. The average Bonchev–Trinajstić information content (AvgIpc) is 3.39. The van der Waals surface area contributed by atoms with Crippen LogP contribution in [-0.2, 0) is 40.8 Å². The highest BCUT2D eigenvalue weighted by molar-refractivity contribution is 6.04. The number of methoxy groups -OCH3 is 1. The minimum atomic E-state index is -1.87. The highest BCUT2D eigenvalue weighted by Crippen LogP contribution is 2.57. The van der Waals surface area contributed by atoms with E-state index in [2.05, 4.69) is 71.8 Å². The van der Waals surface area contributed by atoms with Gasteiger partial charge in [0.15, 0.2) is 23.7 Å². The summed E-state index contributed by atoms with van der Waals surface area (Å²) >= 11 is 0. The van der Waals surface area contributed by atoms with Crippen molar-refractivity contribution in [3.63, 3.8) is 0 Å². The van der Waals surface area contributed by atoms with E-state index < -0.39 is 23.7 Å². The van der Waals surface area contributed by atoms with Gasteiger partial charge in [0.2, 0.25) is 0 Å². The molecule has 72 heavy (non-hydrogen) atoms. The molecule has 7 aliphatic rings. The van der Waals surface area contributed by atoms with E-state index in [1.54, 1.807) is 14.2 Å². The Kier molecular flexibility index (Phi) is 13.7. The third-order valence-corrected chi connectivity index (χ3v) is 15.6. The van der Waals surface area contributed by atoms with Crippen molar-refractivity contribution in [3.05, 3.63) is 171 Å². The van der Waals surface area contributed by atoms with E-state index >= 15 is 0 Å². The molecule has 6 atom stereocenters. The fourth-order valence-electron chi connectivity index (χ4n) is 12.1. The van der Waals surface area contributed by atoms with Gasteiger partial charge in [-0.3, -0.25) is 9.79 Å². The number of guanidine groups is 1. The van der Waals surface area contributed by atoms with Crippen molar-refractivity contribution in [1.82, 2.24) is 0 Å². The molecular formula is C61H63N3O8. The van der Waals surface area contributed by atoms with Crippen molar-refractivity contribution >= 4 is 34.3 Å². The third kappa shape index (κ3) is 9.37. The molecule has 0 aromatic heterocycles. The Labute approximate surface area is 421 Å². The van der Waals surface area contributed by atoms with Gasteiger partial charge in [-0.15, -0.1) is 0 Å². The number of aryl methyl sites for hydroxylation is 3. The minimum absolute atomic E-state index is 0.000786. The molecule has 0 amide bonds. The first-order valence-electron chi connectivity index (χ1n) is 25.3. The zero-order chi connectivity index (χ0) is 50.1. The van der Waals surface area contributed by atoms with Crippen molar-refractivity contribution in [1.29, 1.82) is 0 Å². The number of Topliss-reactive ketones (excluding diaryl/α,β-unsaturated/α-hetero) is 1. The van der Waals surface area contributed by atoms with Crippen LogP contribution in [0.4, 0.5) is 5.69 Å². The Morgan fingerprint density at radius 2 is 1.81 bits per heavy atom.